The Bertz CT molecular complexity index is 593. The third-order valence-electron chi connectivity index (χ3n) is 3.04. The lowest BCUT2D eigenvalue weighted by Gasteiger charge is -2.26. The first-order valence-corrected chi connectivity index (χ1v) is 6.80. The third-order valence-corrected chi connectivity index (χ3v) is 3.57. The largest absolute Gasteiger partial charge is 0.449 e. The molecule has 4 heteroatoms. The maximum Gasteiger partial charge on any atom is 0.203 e. The number of hydrogen-bond acceptors (Lipinski definition) is 3. The van der Waals surface area contributed by atoms with Crippen LogP contribution in [0.2, 0.25) is 0 Å². The molecule has 2 rings (SSSR count). The molecule has 0 radical (unpaired) electrons. The minimum absolute atomic E-state index is 0.166. The van der Waals surface area contributed by atoms with Crippen molar-refractivity contribution in [2.75, 3.05) is 0 Å². The van der Waals surface area contributed by atoms with Gasteiger partial charge in [-0.05, 0) is 43.7 Å². The zero-order chi connectivity index (χ0) is 13.9. The van der Waals surface area contributed by atoms with Crippen molar-refractivity contribution >= 4 is 15.9 Å². The molecule has 3 nitrogen and oxygen atoms in total. The van der Waals surface area contributed by atoms with Gasteiger partial charge >= 0.3 is 0 Å². The van der Waals surface area contributed by atoms with Gasteiger partial charge in [0, 0.05) is 10.0 Å². The molecule has 2 aromatic rings. The summed E-state index contributed by atoms with van der Waals surface area (Å²) in [6.07, 6.45) is 0. The van der Waals surface area contributed by atoms with Crippen LogP contribution in [0.1, 0.15) is 30.9 Å². The summed E-state index contributed by atoms with van der Waals surface area (Å²) in [6.45, 7) is 4.82. The van der Waals surface area contributed by atoms with Gasteiger partial charge < -0.3 is 9.73 Å². The van der Waals surface area contributed by atoms with Crippen molar-refractivity contribution in [3.8, 4) is 6.07 Å². The Hall–Kier alpha value is -1.57. The first-order valence-electron chi connectivity index (χ1n) is 6.01. The minimum Gasteiger partial charge on any atom is -0.449 e. The van der Waals surface area contributed by atoms with E-state index in [9.17, 15) is 0 Å². The number of benzene rings is 1. The third kappa shape index (κ3) is 3.46. The maximum absolute atomic E-state index is 8.71. The molecule has 0 aliphatic carbocycles. The number of nitriles is 1. The predicted molar refractivity (Wildman–Crippen MR) is 77.4 cm³/mol. The van der Waals surface area contributed by atoms with Crippen molar-refractivity contribution in [1.29, 1.82) is 5.26 Å². The number of nitrogens with zero attached hydrogens (tertiary/aromatic N) is 1. The van der Waals surface area contributed by atoms with Gasteiger partial charge in [-0.25, -0.2) is 0 Å². The van der Waals surface area contributed by atoms with Crippen LogP contribution in [0.4, 0.5) is 0 Å². The van der Waals surface area contributed by atoms with Crippen LogP contribution < -0.4 is 5.32 Å². The van der Waals surface area contributed by atoms with Gasteiger partial charge in [0.15, 0.2) is 0 Å². The van der Waals surface area contributed by atoms with Gasteiger partial charge in [-0.15, -0.1) is 0 Å². The molecule has 0 aliphatic heterocycles. The lowest BCUT2D eigenvalue weighted by Crippen LogP contribution is -2.35. The second-order valence-electron chi connectivity index (χ2n) is 4.86. The van der Waals surface area contributed by atoms with E-state index < -0.39 is 0 Å². The van der Waals surface area contributed by atoms with Crippen LogP contribution in [-0.2, 0) is 12.1 Å². The van der Waals surface area contributed by atoms with Crippen LogP contribution in [0.5, 0.6) is 0 Å². The van der Waals surface area contributed by atoms with Gasteiger partial charge in [-0.2, -0.15) is 5.26 Å². The fourth-order valence-electron chi connectivity index (χ4n) is 1.81. The Labute approximate surface area is 121 Å². The normalized spacial score (nSPS) is 11.3. The fourth-order valence-corrected chi connectivity index (χ4v) is 2.07. The van der Waals surface area contributed by atoms with Crippen LogP contribution in [0.15, 0.2) is 45.3 Å². The molecule has 0 bridgehead atoms. The number of rotatable bonds is 4. The molecule has 1 aromatic carbocycles. The van der Waals surface area contributed by atoms with E-state index in [1.807, 2.05) is 24.3 Å². The molecular weight excluding hydrogens is 304 g/mol. The number of nitrogens with one attached hydrogen (secondary N) is 1. The molecule has 98 valence electrons. The van der Waals surface area contributed by atoms with E-state index in [0.717, 1.165) is 10.2 Å². The molecule has 0 aliphatic rings. The van der Waals surface area contributed by atoms with Crippen molar-refractivity contribution in [2.45, 2.75) is 25.9 Å². The summed E-state index contributed by atoms with van der Waals surface area (Å²) in [4.78, 5) is 0. The maximum atomic E-state index is 8.71. The molecule has 0 spiro atoms. The van der Waals surface area contributed by atoms with E-state index >= 15 is 0 Å². The quantitative estimate of drug-likeness (QED) is 0.928. The summed E-state index contributed by atoms with van der Waals surface area (Å²) in [5.74, 6) is 1.11. The Kier molecular flexibility index (Phi) is 4.08. The highest BCUT2D eigenvalue weighted by atomic mass is 79.9. The molecule has 0 amide bonds. The Morgan fingerprint density at radius 3 is 2.47 bits per heavy atom. The van der Waals surface area contributed by atoms with Crippen LogP contribution in [0, 0.1) is 11.3 Å². The molecule has 1 heterocycles. The van der Waals surface area contributed by atoms with Crippen molar-refractivity contribution in [3.05, 3.63) is 58.0 Å². The Balaban J connectivity index is 2.05. The summed E-state index contributed by atoms with van der Waals surface area (Å²) in [6, 6.07) is 13.7. The van der Waals surface area contributed by atoms with Crippen LogP contribution >= 0.6 is 15.9 Å². The zero-order valence-corrected chi connectivity index (χ0v) is 12.5. The molecule has 0 saturated heterocycles. The molecule has 0 atom stereocenters. The second kappa shape index (κ2) is 5.60. The van der Waals surface area contributed by atoms with Gasteiger partial charge in [0.1, 0.15) is 11.8 Å². The first-order chi connectivity index (χ1) is 9.01. The van der Waals surface area contributed by atoms with Gasteiger partial charge in [0.05, 0.1) is 6.54 Å². The van der Waals surface area contributed by atoms with E-state index in [1.165, 1.54) is 5.56 Å². The fraction of sp³-hybridized carbons (Fsp3) is 0.267. The summed E-state index contributed by atoms with van der Waals surface area (Å²) >= 11 is 3.43. The summed E-state index contributed by atoms with van der Waals surface area (Å²) < 4.78 is 6.42. The summed E-state index contributed by atoms with van der Waals surface area (Å²) in [5, 5.41) is 12.1. The van der Waals surface area contributed by atoms with Crippen molar-refractivity contribution in [3.63, 3.8) is 0 Å². The number of furan rings is 1. The standard InChI is InChI=1S/C15H15BrN2O/c1-15(2,11-3-5-12(16)6-4-11)18-10-14-8-7-13(9-17)19-14/h3-8,18H,10H2,1-2H3. The van der Waals surface area contributed by atoms with Crippen LogP contribution in [0.3, 0.4) is 0 Å². The number of hydrogen-bond donors (Lipinski definition) is 1. The average Bonchev–Trinajstić information content (AvgIpc) is 2.85. The number of halogens is 1. The smallest absolute Gasteiger partial charge is 0.203 e. The molecule has 1 aromatic heterocycles. The van der Waals surface area contributed by atoms with E-state index in [2.05, 4.69) is 47.2 Å². The van der Waals surface area contributed by atoms with Crippen LogP contribution in [-0.4, -0.2) is 0 Å². The average molecular weight is 319 g/mol. The van der Waals surface area contributed by atoms with E-state index in [0.29, 0.717) is 12.3 Å². The highest BCUT2D eigenvalue weighted by Gasteiger charge is 2.20. The minimum atomic E-state index is -0.166. The van der Waals surface area contributed by atoms with Crippen LogP contribution in [0.25, 0.3) is 0 Å². The van der Waals surface area contributed by atoms with Gasteiger partial charge in [-0.1, -0.05) is 28.1 Å². The van der Waals surface area contributed by atoms with Crippen molar-refractivity contribution < 1.29 is 4.42 Å². The SMILES string of the molecule is CC(C)(NCc1ccc(C#N)o1)c1ccc(Br)cc1. The monoisotopic (exact) mass is 318 g/mol. The van der Waals surface area contributed by atoms with E-state index in [4.69, 9.17) is 9.68 Å². The molecule has 0 fully saturated rings. The zero-order valence-electron chi connectivity index (χ0n) is 10.9. The van der Waals surface area contributed by atoms with E-state index in [1.54, 1.807) is 6.07 Å². The Morgan fingerprint density at radius 1 is 1.21 bits per heavy atom. The lowest BCUT2D eigenvalue weighted by atomic mass is 9.94. The van der Waals surface area contributed by atoms with Gasteiger partial charge in [-0.3, -0.25) is 0 Å². The molecule has 0 saturated carbocycles. The predicted octanol–water partition coefficient (Wildman–Crippen LogP) is 3.94. The van der Waals surface area contributed by atoms with Crippen molar-refractivity contribution in [2.24, 2.45) is 0 Å². The Morgan fingerprint density at radius 2 is 1.89 bits per heavy atom. The van der Waals surface area contributed by atoms with E-state index in [-0.39, 0.29) is 5.54 Å². The highest BCUT2D eigenvalue weighted by Crippen LogP contribution is 2.22. The second-order valence-corrected chi connectivity index (χ2v) is 5.78. The highest BCUT2D eigenvalue weighted by molar-refractivity contribution is 9.10. The summed E-state index contributed by atoms with van der Waals surface area (Å²) in [5.41, 5.74) is 1.03. The molecule has 19 heavy (non-hydrogen) atoms. The van der Waals surface area contributed by atoms with Gasteiger partial charge in [0.25, 0.3) is 0 Å². The van der Waals surface area contributed by atoms with Gasteiger partial charge in [0.2, 0.25) is 5.76 Å². The van der Waals surface area contributed by atoms with Crippen molar-refractivity contribution in [1.82, 2.24) is 5.32 Å². The topological polar surface area (TPSA) is 49.0 Å². The molecule has 0 unspecified atom stereocenters. The lowest BCUT2D eigenvalue weighted by molar-refractivity contribution is 0.369. The molecule has 1 N–H and O–H groups in total. The summed E-state index contributed by atoms with van der Waals surface area (Å²) in [7, 11) is 0. The first kappa shape index (κ1) is 13.9. The molecular formula is C15H15BrN2O.